The van der Waals surface area contributed by atoms with Gasteiger partial charge in [0.25, 0.3) is 5.91 Å². The molecule has 1 amide bonds. The number of aliphatic hydroxyl groups is 1. The number of nitrogens with two attached hydrogens (primary N) is 1. The molecule has 1 unspecified atom stereocenters. The summed E-state index contributed by atoms with van der Waals surface area (Å²) in [5.74, 6) is 5.75. The van der Waals surface area contributed by atoms with Crippen LogP contribution in [-0.2, 0) is 0 Å². The molecule has 0 radical (unpaired) electrons. The number of hydrogen-bond donors (Lipinski definition) is 2. The van der Waals surface area contributed by atoms with Gasteiger partial charge in [0.05, 0.1) is 12.6 Å². The molecule has 3 N–H and O–H groups in total. The Labute approximate surface area is 119 Å². The van der Waals surface area contributed by atoms with Gasteiger partial charge < -0.3 is 15.7 Å². The summed E-state index contributed by atoms with van der Waals surface area (Å²) < 4.78 is 0. The quantitative estimate of drug-likeness (QED) is 0.747. The SMILES string of the molecule is Cc1ccc(C(=O)N2CCCC(O)C2)cc1C#CCN. The van der Waals surface area contributed by atoms with Crippen LogP contribution in [0.4, 0.5) is 0 Å². The molecular weight excluding hydrogens is 252 g/mol. The van der Waals surface area contributed by atoms with Crippen molar-refractivity contribution in [3.05, 3.63) is 34.9 Å². The standard InChI is InChI=1S/C16H20N2O2/c1-12-6-7-14(10-13(12)4-2-8-17)16(20)18-9-3-5-15(19)11-18/h6-7,10,15,19H,3,5,8-9,11,17H2,1H3. The number of hydrogen-bond acceptors (Lipinski definition) is 3. The summed E-state index contributed by atoms with van der Waals surface area (Å²) in [5, 5.41) is 9.66. The van der Waals surface area contributed by atoms with Gasteiger partial charge in [-0.2, -0.15) is 0 Å². The molecule has 1 atom stereocenters. The first-order valence-corrected chi connectivity index (χ1v) is 6.88. The lowest BCUT2D eigenvalue weighted by Gasteiger charge is -2.30. The summed E-state index contributed by atoms with van der Waals surface area (Å²) in [7, 11) is 0. The number of β-amino-alcohol motifs (C(OH)–C–C–N with tert-alkyl or cyclic N) is 1. The van der Waals surface area contributed by atoms with Crippen molar-refractivity contribution in [2.75, 3.05) is 19.6 Å². The molecule has 0 spiro atoms. The predicted octanol–water partition coefficient (Wildman–Crippen LogP) is 0.902. The van der Waals surface area contributed by atoms with Crippen LogP contribution >= 0.6 is 0 Å². The average molecular weight is 272 g/mol. The Bertz CT molecular complexity index is 557. The van der Waals surface area contributed by atoms with Gasteiger partial charge in [-0.1, -0.05) is 17.9 Å². The van der Waals surface area contributed by atoms with E-state index in [4.69, 9.17) is 5.73 Å². The number of rotatable bonds is 1. The highest BCUT2D eigenvalue weighted by Gasteiger charge is 2.23. The lowest BCUT2D eigenvalue weighted by atomic mass is 10.0. The number of carbonyl (C=O) groups excluding carboxylic acids is 1. The molecule has 1 aromatic carbocycles. The van der Waals surface area contributed by atoms with Gasteiger partial charge in [-0.05, 0) is 37.5 Å². The number of aryl methyl sites for hydroxylation is 1. The number of aliphatic hydroxyl groups excluding tert-OH is 1. The first-order valence-electron chi connectivity index (χ1n) is 6.88. The van der Waals surface area contributed by atoms with E-state index in [1.807, 2.05) is 19.1 Å². The fourth-order valence-electron chi connectivity index (χ4n) is 2.36. The summed E-state index contributed by atoms with van der Waals surface area (Å²) in [6.45, 7) is 3.37. The van der Waals surface area contributed by atoms with Gasteiger partial charge in [-0.15, -0.1) is 0 Å². The number of benzene rings is 1. The van der Waals surface area contributed by atoms with Crippen LogP contribution < -0.4 is 5.73 Å². The molecule has 0 aromatic heterocycles. The maximum absolute atomic E-state index is 12.4. The van der Waals surface area contributed by atoms with Gasteiger partial charge in [0, 0.05) is 24.2 Å². The number of piperidine rings is 1. The van der Waals surface area contributed by atoms with Gasteiger partial charge >= 0.3 is 0 Å². The van der Waals surface area contributed by atoms with E-state index in [2.05, 4.69) is 11.8 Å². The Morgan fingerprint density at radius 1 is 1.55 bits per heavy atom. The topological polar surface area (TPSA) is 66.6 Å². The van der Waals surface area contributed by atoms with Crippen molar-refractivity contribution >= 4 is 5.91 Å². The minimum atomic E-state index is -0.408. The van der Waals surface area contributed by atoms with Crippen molar-refractivity contribution in [2.45, 2.75) is 25.9 Å². The molecular formula is C16H20N2O2. The zero-order chi connectivity index (χ0) is 14.5. The van der Waals surface area contributed by atoms with Crippen LogP contribution in [0.15, 0.2) is 18.2 Å². The van der Waals surface area contributed by atoms with Crippen LogP contribution in [-0.4, -0.2) is 41.7 Å². The Hall–Kier alpha value is -1.83. The lowest BCUT2D eigenvalue weighted by molar-refractivity contribution is 0.0473. The summed E-state index contributed by atoms with van der Waals surface area (Å²) in [6, 6.07) is 5.52. The third kappa shape index (κ3) is 3.38. The van der Waals surface area contributed by atoms with Crippen LogP contribution in [0.1, 0.15) is 34.3 Å². The highest BCUT2D eigenvalue weighted by Crippen LogP contribution is 2.16. The molecule has 1 heterocycles. The van der Waals surface area contributed by atoms with E-state index in [9.17, 15) is 9.90 Å². The molecule has 4 nitrogen and oxygen atoms in total. The van der Waals surface area contributed by atoms with Gasteiger partial charge in [0.2, 0.25) is 0 Å². The molecule has 0 saturated carbocycles. The van der Waals surface area contributed by atoms with Crippen LogP contribution in [0.25, 0.3) is 0 Å². The Balaban J connectivity index is 2.21. The zero-order valence-corrected chi connectivity index (χ0v) is 11.7. The highest BCUT2D eigenvalue weighted by molar-refractivity contribution is 5.94. The van der Waals surface area contributed by atoms with E-state index in [1.165, 1.54) is 0 Å². The number of amides is 1. The second-order valence-electron chi connectivity index (χ2n) is 5.08. The van der Waals surface area contributed by atoms with Crippen molar-refractivity contribution in [1.29, 1.82) is 0 Å². The van der Waals surface area contributed by atoms with E-state index in [0.717, 1.165) is 24.0 Å². The maximum Gasteiger partial charge on any atom is 0.253 e. The fourth-order valence-corrected chi connectivity index (χ4v) is 2.36. The molecule has 1 fully saturated rings. The summed E-state index contributed by atoms with van der Waals surface area (Å²) in [6.07, 6.45) is 1.21. The molecule has 1 aliphatic heterocycles. The molecule has 1 aliphatic rings. The highest BCUT2D eigenvalue weighted by atomic mass is 16.3. The summed E-state index contributed by atoms with van der Waals surface area (Å²) in [4.78, 5) is 14.1. The van der Waals surface area contributed by atoms with E-state index >= 15 is 0 Å². The van der Waals surface area contributed by atoms with Crippen molar-refractivity contribution in [3.63, 3.8) is 0 Å². The molecule has 20 heavy (non-hydrogen) atoms. The normalized spacial score (nSPS) is 18.4. The number of likely N-dealkylation sites (tertiary alicyclic amines) is 1. The molecule has 1 aromatic rings. The van der Waals surface area contributed by atoms with Crippen molar-refractivity contribution in [3.8, 4) is 11.8 Å². The predicted molar refractivity (Wildman–Crippen MR) is 78.3 cm³/mol. The van der Waals surface area contributed by atoms with Crippen molar-refractivity contribution < 1.29 is 9.90 Å². The molecule has 106 valence electrons. The van der Waals surface area contributed by atoms with E-state index in [-0.39, 0.29) is 5.91 Å². The molecule has 4 heteroatoms. The van der Waals surface area contributed by atoms with E-state index in [0.29, 0.717) is 25.2 Å². The first kappa shape index (κ1) is 14.6. The van der Waals surface area contributed by atoms with E-state index in [1.54, 1.807) is 11.0 Å². The van der Waals surface area contributed by atoms with Crippen LogP contribution in [0.5, 0.6) is 0 Å². The van der Waals surface area contributed by atoms with Gasteiger partial charge in [-0.3, -0.25) is 4.79 Å². The fraction of sp³-hybridized carbons (Fsp3) is 0.438. The Morgan fingerprint density at radius 3 is 3.05 bits per heavy atom. The summed E-state index contributed by atoms with van der Waals surface area (Å²) in [5.41, 5.74) is 7.86. The third-order valence-corrected chi connectivity index (χ3v) is 3.49. The lowest BCUT2D eigenvalue weighted by Crippen LogP contribution is -2.42. The summed E-state index contributed by atoms with van der Waals surface area (Å²) >= 11 is 0. The minimum Gasteiger partial charge on any atom is -0.391 e. The van der Waals surface area contributed by atoms with Crippen LogP contribution in [0.3, 0.4) is 0 Å². The van der Waals surface area contributed by atoms with Crippen LogP contribution in [0, 0.1) is 18.8 Å². The Kier molecular flexibility index (Phi) is 4.78. The smallest absolute Gasteiger partial charge is 0.253 e. The van der Waals surface area contributed by atoms with Gasteiger partial charge in [-0.25, -0.2) is 0 Å². The molecule has 2 rings (SSSR count). The monoisotopic (exact) mass is 272 g/mol. The molecule has 0 bridgehead atoms. The number of carbonyl (C=O) groups is 1. The minimum absolute atomic E-state index is 0.0421. The second kappa shape index (κ2) is 6.56. The van der Waals surface area contributed by atoms with Crippen LogP contribution in [0.2, 0.25) is 0 Å². The van der Waals surface area contributed by atoms with Gasteiger partial charge in [0.1, 0.15) is 0 Å². The first-order chi connectivity index (χ1) is 9.61. The van der Waals surface area contributed by atoms with Gasteiger partial charge in [0.15, 0.2) is 0 Å². The van der Waals surface area contributed by atoms with Crippen molar-refractivity contribution in [2.24, 2.45) is 5.73 Å². The number of nitrogens with zero attached hydrogens (tertiary/aromatic N) is 1. The molecule has 0 aliphatic carbocycles. The van der Waals surface area contributed by atoms with Crippen molar-refractivity contribution in [1.82, 2.24) is 4.90 Å². The van der Waals surface area contributed by atoms with E-state index < -0.39 is 6.10 Å². The average Bonchev–Trinajstić information content (AvgIpc) is 2.45. The Morgan fingerprint density at radius 2 is 2.35 bits per heavy atom. The maximum atomic E-state index is 12.4. The zero-order valence-electron chi connectivity index (χ0n) is 11.7. The largest absolute Gasteiger partial charge is 0.391 e. The second-order valence-corrected chi connectivity index (χ2v) is 5.08. The molecule has 1 saturated heterocycles. The third-order valence-electron chi connectivity index (χ3n) is 3.49.